The van der Waals surface area contributed by atoms with Gasteiger partial charge in [0.05, 0.1) is 15.5 Å². The van der Waals surface area contributed by atoms with Crippen LogP contribution >= 0.6 is 46.7 Å². The molecule has 0 unspecified atom stereocenters. The number of benzene rings is 1. The maximum atomic E-state index is 14.0. The van der Waals surface area contributed by atoms with Crippen LogP contribution in [0.3, 0.4) is 0 Å². The first-order valence-corrected chi connectivity index (χ1v) is 9.79. The Kier molecular flexibility index (Phi) is 7.53. The second-order valence-corrected chi connectivity index (χ2v) is 8.77. The monoisotopic (exact) mass is 451 g/mol. The van der Waals surface area contributed by atoms with Crippen molar-refractivity contribution in [1.82, 2.24) is 9.88 Å². The van der Waals surface area contributed by atoms with Crippen molar-refractivity contribution in [3.8, 4) is 0 Å². The number of carbonyl (C=O) groups is 1. The van der Waals surface area contributed by atoms with Gasteiger partial charge in [-0.2, -0.15) is 0 Å². The number of nitrogens with zero attached hydrogens (tertiary/aromatic N) is 3. The van der Waals surface area contributed by atoms with Gasteiger partial charge in [-0.25, -0.2) is 13.8 Å². The summed E-state index contributed by atoms with van der Waals surface area (Å²) in [5, 5.41) is 0.360. The zero-order valence-corrected chi connectivity index (χ0v) is 17.7. The van der Waals surface area contributed by atoms with Gasteiger partial charge in [0.1, 0.15) is 11.3 Å². The van der Waals surface area contributed by atoms with Crippen LogP contribution in [0.1, 0.15) is 4.88 Å². The number of likely N-dealkylation sites (N-methyl/N-ethyl adjacent to an activating group) is 1. The number of amides is 1. The fourth-order valence-electron chi connectivity index (χ4n) is 2.38. The number of anilines is 1. The fourth-order valence-corrected chi connectivity index (χ4v) is 4.51. The Morgan fingerprint density at radius 2 is 1.93 bits per heavy atom. The van der Waals surface area contributed by atoms with Crippen molar-refractivity contribution in [2.75, 3.05) is 32.1 Å². The van der Waals surface area contributed by atoms with E-state index in [9.17, 15) is 13.6 Å². The lowest BCUT2D eigenvalue weighted by molar-refractivity contribution is -0.118. The van der Waals surface area contributed by atoms with Gasteiger partial charge in [-0.1, -0.05) is 22.9 Å². The third kappa shape index (κ3) is 5.36. The zero-order chi connectivity index (χ0) is 18.8. The Morgan fingerprint density at radius 1 is 1.19 bits per heavy atom. The SMILES string of the molecule is CN(C)CCN(C(=O)Cc1ccc(Cl)s1)c1nc2c(F)cc(F)cc2s1.Cl. The van der Waals surface area contributed by atoms with Crippen LogP contribution in [0.15, 0.2) is 24.3 Å². The summed E-state index contributed by atoms with van der Waals surface area (Å²) < 4.78 is 28.4. The summed E-state index contributed by atoms with van der Waals surface area (Å²) in [6.45, 7) is 1.01. The van der Waals surface area contributed by atoms with Crippen LogP contribution in [-0.2, 0) is 11.2 Å². The van der Waals surface area contributed by atoms with E-state index in [0.29, 0.717) is 27.3 Å². The Labute approximate surface area is 174 Å². The van der Waals surface area contributed by atoms with E-state index in [-0.39, 0.29) is 30.3 Å². The van der Waals surface area contributed by atoms with Crippen molar-refractivity contribution in [2.24, 2.45) is 0 Å². The number of thiazole rings is 1. The van der Waals surface area contributed by atoms with Crippen LogP contribution in [0.2, 0.25) is 4.34 Å². The zero-order valence-electron chi connectivity index (χ0n) is 14.5. The average molecular weight is 452 g/mol. The van der Waals surface area contributed by atoms with Crippen molar-refractivity contribution < 1.29 is 13.6 Å². The molecule has 2 aromatic heterocycles. The number of thiophene rings is 1. The molecule has 1 amide bonds. The van der Waals surface area contributed by atoms with E-state index in [2.05, 4.69) is 4.98 Å². The lowest BCUT2D eigenvalue weighted by Gasteiger charge is -2.21. The molecule has 0 saturated heterocycles. The predicted octanol–water partition coefficient (Wildman–Crippen LogP) is 4.85. The fraction of sp³-hybridized carbons (Fsp3) is 0.294. The molecule has 2 heterocycles. The van der Waals surface area contributed by atoms with Gasteiger partial charge >= 0.3 is 0 Å². The molecule has 146 valence electrons. The molecular formula is C17H17Cl2F2N3OS2. The minimum Gasteiger partial charge on any atom is -0.308 e. The number of halogens is 4. The van der Waals surface area contributed by atoms with Crippen molar-refractivity contribution in [3.63, 3.8) is 0 Å². The van der Waals surface area contributed by atoms with Gasteiger partial charge in [0.15, 0.2) is 10.9 Å². The largest absolute Gasteiger partial charge is 0.308 e. The maximum absolute atomic E-state index is 14.0. The minimum absolute atomic E-state index is 0. The second-order valence-electron chi connectivity index (χ2n) is 5.96. The molecule has 0 fully saturated rings. The summed E-state index contributed by atoms with van der Waals surface area (Å²) >= 11 is 8.37. The first kappa shape index (κ1) is 22.0. The average Bonchev–Trinajstić information content (AvgIpc) is 3.13. The van der Waals surface area contributed by atoms with Crippen molar-refractivity contribution >= 4 is 67.9 Å². The molecule has 0 N–H and O–H groups in total. The first-order valence-electron chi connectivity index (χ1n) is 7.78. The van der Waals surface area contributed by atoms with E-state index in [1.54, 1.807) is 6.07 Å². The van der Waals surface area contributed by atoms with Gasteiger partial charge in [-0.15, -0.1) is 23.7 Å². The van der Waals surface area contributed by atoms with E-state index >= 15 is 0 Å². The number of aromatic nitrogens is 1. The van der Waals surface area contributed by atoms with E-state index in [1.165, 1.54) is 22.3 Å². The van der Waals surface area contributed by atoms with E-state index in [4.69, 9.17) is 11.6 Å². The molecule has 0 aliphatic heterocycles. The molecule has 3 rings (SSSR count). The van der Waals surface area contributed by atoms with Crippen LogP contribution in [0.5, 0.6) is 0 Å². The number of hydrogen-bond donors (Lipinski definition) is 0. The van der Waals surface area contributed by atoms with Gasteiger partial charge in [0, 0.05) is 24.0 Å². The molecule has 1 aromatic carbocycles. The van der Waals surface area contributed by atoms with Gasteiger partial charge < -0.3 is 4.90 Å². The minimum atomic E-state index is -0.729. The smallest absolute Gasteiger partial charge is 0.234 e. The topological polar surface area (TPSA) is 36.4 Å². The van der Waals surface area contributed by atoms with Gasteiger partial charge in [0.2, 0.25) is 5.91 Å². The summed E-state index contributed by atoms with van der Waals surface area (Å²) in [5.74, 6) is -1.55. The predicted molar refractivity (Wildman–Crippen MR) is 111 cm³/mol. The third-order valence-electron chi connectivity index (χ3n) is 3.66. The number of carbonyl (C=O) groups excluding carboxylic acids is 1. The molecule has 0 aliphatic rings. The quantitative estimate of drug-likeness (QED) is 0.537. The number of rotatable bonds is 6. The molecule has 4 nitrogen and oxygen atoms in total. The van der Waals surface area contributed by atoms with Gasteiger partial charge in [-0.3, -0.25) is 9.69 Å². The highest BCUT2D eigenvalue weighted by Gasteiger charge is 2.22. The molecule has 3 aromatic rings. The lowest BCUT2D eigenvalue weighted by atomic mass is 10.3. The Morgan fingerprint density at radius 3 is 2.56 bits per heavy atom. The molecule has 27 heavy (non-hydrogen) atoms. The highest BCUT2D eigenvalue weighted by molar-refractivity contribution is 7.22. The Hall–Kier alpha value is -1.32. The maximum Gasteiger partial charge on any atom is 0.234 e. The van der Waals surface area contributed by atoms with Crippen molar-refractivity contribution in [2.45, 2.75) is 6.42 Å². The van der Waals surface area contributed by atoms with E-state index in [0.717, 1.165) is 22.3 Å². The van der Waals surface area contributed by atoms with Crippen LogP contribution in [0.25, 0.3) is 10.2 Å². The molecule has 0 radical (unpaired) electrons. The summed E-state index contributed by atoms with van der Waals surface area (Å²) in [7, 11) is 3.80. The van der Waals surface area contributed by atoms with Crippen LogP contribution < -0.4 is 4.90 Å². The third-order valence-corrected chi connectivity index (χ3v) is 5.92. The molecule has 0 aliphatic carbocycles. The van der Waals surface area contributed by atoms with E-state index in [1.807, 2.05) is 25.1 Å². The molecule has 0 saturated carbocycles. The van der Waals surface area contributed by atoms with Crippen LogP contribution in [0.4, 0.5) is 13.9 Å². The summed E-state index contributed by atoms with van der Waals surface area (Å²) in [6.07, 6.45) is 0.178. The van der Waals surface area contributed by atoms with Gasteiger partial charge in [0.25, 0.3) is 0 Å². The molecule has 10 heteroatoms. The second kappa shape index (κ2) is 9.25. The normalized spacial score (nSPS) is 11.0. The lowest BCUT2D eigenvalue weighted by Crippen LogP contribution is -2.37. The highest BCUT2D eigenvalue weighted by Crippen LogP contribution is 2.32. The number of fused-ring (bicyclic) bond motifs is 1. The summed E-state index contributed by atoms with van der Waals surface area (Å²) in [6, 6.07) is 5.58. The molecular weight excluding hydrogens is 435 g/mol. The number of hydrogen-bond acceptors (Lipinski definition) is 5. The highest BCUT2D eigenvalue weighted by atomic mass is 35.5. The van der Waals surface area contributed by atoms with Crippen LogP contribution in [-0.4, -0.2) is 43.0 Å². The molecule has 0 spiro atoms. The van der Waals surface area contributed by atoms with Crippen molar-refractivity contribution in [3.05, 3.63) is 45.1 Å². The standard InChI is InChI=1S/C17H16ClF2N3OS2.ClH/c1-22(2)5-6-23(15(24)9-11-3-4-14(18)25-11)17-21-16-12(20)7-10(19)8-13(16)26-17;/h3-4,7-8H,5-6,9H2,1-2H3;1H. The Bertz CT molecular complexity index is 946. The summed E-state index contributed by atoms with van der Waals surface area (Å²) in [4.78, 5) is 21.4. The molecule has 0 bridgehead atoms. The van der Waals surface area contributed by atoms with Gasteiger partial charge in [-0.05, 0) is 32.3 Å². The summed E-state index contributed by atoms with van der Waals surface area (Å²) in [5.41, 5.74) is 0.0771. The van der Waals surface area contributed by atoms with Crippen LogP contribution in [0, 0.1) is 11.6 Å². The van der Waals surface area contributed by atoms with Crippen molar-refractivity contribution in [1.29, 1.82) is 0 Å². The first-order chi connectivity index (χ1) is 12.3. The molecule has 0 atom stereocenters. The van der Waals surface area contributed by atoms with E-state index < -0.39 is 11.6 Å². The Balaban J connectivity index is 0.00000261.